The van der Waals surface area contributed by atoms with Crippen LogP contribution in [0.2, 0.25) is 0 Å². The number of hydrogen-bond acceptors (Lipinski definition) is 4. The van der Waals surface area contributed by atoms with E-state index in [1.54, 1.807) is 11.3 Å². The highest BCUT2D eigenvalue weighted by Crippen LogP contribution is 2.32. The van der Waals surface area contributed by atoms with Gasteiger partial charge >= 0.3 is 0 Å². The van der Waals surface area contributed by atoms with E-state index in [1.807, 2.05) is 18.4 Å². The van der Waals surface area contributed by atoms with E-state index >= 15 is 0 Å². The fourth-order valence-corrected chi connectivity index (χ4v) is 4.35. The van der Waals surface area contributed by atoms with Gasteiger partial charge in [0, 0.05) is 4.88 Å². The van der Waals surface area contributed by atoms with Gasteiger partial charge in [-0.15, -0.1) is 11.3 Å². The highest BCUT2D eigenvalue weighted by molar-refractivity contribution is 7.12. The molecule has 1 aliphatic rings. The minimum atomic E-state index is 0.275. The molecule has 0 spiro atoms. The quantitative estimate of drug-likeness (QED) is 0.919. The van der Waals surface area contributed by atoms with Crippen molar-refractivity contribution in [2.45, 2.75) is 31.7 Å². The molecular formula is C13H16N2S2. The molecule has 1 unspecified atom stereocenters. The average Bonchev–Trinajstić information content (AvgIpc) is 2.98. The van der Waals surface area contributed by atoms with Crippen molar-refractivity contribution in [3.05, 3.63) is 38.0 Å². The second-order valence-corrected chi connectivity index (χ2v) is 6.30. The van der Waals surface area contributed by atoms with Gasteiger partial charge in [-0.3, -0.25) is 0 Å². The van der Waals surface area contributed by atoms with Crippen molar-refractivity contribution >= 4 is 22.7 Å². The van der Waals surface area contributed by atoms with Gasteiger partial charge in [-0.25, -0.2) is 4.98 Å². The fourth-order valence-electron chi connectivity index (χ4n) is 2.37. The molecule has 0 aliphatic heterocycles. The number of rotatable bonds is 3. The van der Waals surface area contributed by atoms with Gasteiger partial charge in [0.15, 0.2) is 0 Å². The Morgan fingerprint density at radius 3 is 2.94 bits per heavy atom. The van der Waals surface area contributed by atoms with Crippen LogP contribution in [0.3, 0.4) is 0 Å². The van der Waals surface area contributed by atoms with E-state index in [4.69, 9.17) is 4.98 Å². The van der Waals surface area contributed by atoms with Gasteiger partial charge in [-0.1, -0.05) is 0 Å². The first-order valence-corrected chi connectivity index (χ1v) is 7.82. The molecule has 0 saturated carbocycles. The summed E-state index contributed by atoms with van der Waals surface area (Å²) in [5.41, 5.74) is 2.69. The molecule has 0 aromatic carbocycles. The predicted molar refractivity (Wildman–Crippen MR) is 74.0 cm³/mol. The predicted octanol–water partition coefficient (Wildman–Crippen LogP) is 3.39. The summed E-state index contributed by atoms with van der Waals surface area (Å²) in [5.74, 6) is 0. The molecule has 1 aliphatic carbocycles. The second-order valence-electron chi connectivity index (χ2n) is 4.41. The van der Waals surface area contributed by atoms with E-state index in [1.165, 1.54) is 46.8 Å². The van der Waals surface area contributed by atoms with Crippen molar-refractivity contribution < 1.29 is 0 Å². The molecule has 0 saturated heterocycles. The maximum Gasteiger partial charge on any atom is 0.115 e. The molecule has 2 aromatic heterocycles. The molecule has 3 rings (SSSR count). The van der Waals surface area contributed by atoms with E-state index in [2.05, 4.69) is 22.1 Å². The minimum Gasteiger partial charge on any atom is -0.307 e. The summed E-state index contributed by atoms with van der Waals surface area (Å²) >= 11 is 3.65. The Hall–Kier alpha value is -0.710. The standard InChI is InChI=1S/C13H16N2S2/c1-14-12(9-6-7-16-8-9)13-15-10-4-2-3-5-11(10)17-13/h6-8,12,14H,2-5H2,1H3. The molecule has 4 heteroatoms. The third-order valence-electron chi connectivity index (χ3n) is 3.27. The van der Waals surface area contributed by atoms with Crippen molar-refractivity contribution in [3.63, 3.8) is 0 Å². The molecular weight excluding hydrogens is 248 g/mol. The molecule has 90 valence electrons. The smallest absolute Gasteiger partial charge is 0.115 e. The largest absolute Gasteiger partial charge is 0.307 e. The molecule has 0 radical (unpaired) electrons. The molecule has 0 bridgehead atoms. The van der Waals surface area contributed by atoms with Crippen LogP contribution in [0.5, 0.6) is 0 Å². The molecule has 2 aromatic rings. The van der Waals surface area contributed by atoms with Crippen molar-refractivity contribution in [2.75, 3.05) is 7.05 Å². The zero-order valence-electron chi connectivity index (χ0n) is 9.90. The van der Waals surface area contributed by atoms with Crippen LogP contribution in [0.4, 0.5) is 0 Å². The summed E-state index contributed by atoms with van der Waals surface area (Å²) in [6, 6.07) is 2.46. The molecule has 1 atom stereocenters. The maximum absolute atomic E-state index is 4.84. The highest BCUT2D eigenvalue weighted by atomic mass is 32.1. The summed E-state index contributed by atoms with van der Waals surface area (Å²) in [6.07, 6.45) is 5.04. The first-order chi connectivity index (χ1) is 8.38. The number of nitrogens with zero attached hydrogens (tertiary/aromatic N) is 1. The molecule has 17 heavy (non-hydrogen) atoms. The van der Waals surface area contributed by atoms with Gasteiger partial charge in [0.2, 0.25) is 0 Å². The first-order valence-electron chi connectivity index (χ1n) is 6.06. The molecule has 0 amide bonds. The summed E-state index contributed by atoms with van der Waals surface area (Å²) in [4.78, 5) is 6.35. The zero-order chi connectivity index (χ0) is 11.7. The summed E-state index contributed by atoms with van der Waals surface area (Å²) in [6.45, 7) is 0. The van der Waals surface area contributed by atoms with Crippen molar-refractivity contribution in [2.24, 2.45) is 0 Å². The van der Waals surface area contributed by atoms with Gasteiger partial charge in [-0.05, 0) is 55.1 Å². The third-order valence-corrected chi connectivity index (χ3v) is 5.20. The Kier molecular flexibility index (Phi) is 3.27. The zero-order valence-corrected chi connectivity index (χ0v) is 11.5. The fraction of sp³-hybridized carbons (Fsp3) is 0.462. The van der Waals surface area contributed by atoms with Crippen LogP contribution in [0, 0.1) is 0 Å². The number of thiophene rings is 1. The Morgan fingerprint density at radius 1 is 1.35 bits per heavy atom. The monoisotopic (exact) mass is 264 g/mol. The van der Waals surface area contributed by atoms with Crippen molar-refractivity contribution in [3.8, 4) is 0 Å². The maximum atomic E-state index is 4.84. The summed E-state index contributed by atoms with van der Waals surface area (Å²) in [5, 5.41) is 8.96. The lowest BCUT2D eigenvalue weighted by Crippen LogP contribution is -2.16. The topological polar surface area (TPSA) is 24.9 Å². The van der Waals surface area contributed by atoms with Crippen molar-refractivity contribution in [1.29, 1.82) is 0 Å². The van der Waals surface area contributed by atoms with Crippen molar-refractivity contribution in [1.82, 2.24) is 10.3 Å². The lowest BCUT2D eigenvalue weighted by Gasteiger charge is -2.11. The molecule has 2 nitrogen and oxygen atoms in total. The highest BCUT2D eigenvalue weighted by Gasteiger charge is 2.21. The van der Waals surface area contributed by atoms with Gasteiger partial charge in [0.05, 0.1) is 11.7 Å². The minimum absolute atomic E-state index is 0.275. The van der Waals surface area contributed by atoms with Gasteiger partial charge in [0.25, 0.3) is 0 Å². The van der Waals surface area contributed by atoms with Crippen LogP contribution in [0.25, 0.3) is 0 Å². The van der Waals surface area contributed by atoms with Crippen LogP contribution < -0.4 is 5.32 Å². The van der Waals surface area contributed by atoms with Crippen LogP contribution in [0.1, 0.15) is 40.0 Å². The lowest BCUT2D eigenvalue weighted by molar-refractivity contribution is 0.662. The molecule has 2 heterocycles. The van der Waals surface area contributed by atoms with E-state index in [9.17, 15) is 0 Å². The van der Waals surface area contributed by atoms with Gasteiger partial charge < -0.3 is 5.32 Å². The normalized spacial score (nSPS) is 16.8. The molecule has 1 N–H and O–H groups in total. The Labute approximate surface area is 110 Å². The van der Waals surface area contributed by atoms with E-state index in [-0.39, 0.29) is 6.04 Å². The number of nitrogens with one attached hydrogen (secondary N) is 1. The Morgan fingerprint density at radius 2 is 2.24 bits per heavy atom. The number of hydrogen-bond donors (Lipinski definition) is 1. The third kappa shape index (κ3) is 2.17. The first kappa shape index (κ1) is 11.4. The SMILES string of the molecule is CNC(c1ccsc1)c1nc2c(s1)CCCC2. The van der Waals surface area contributed by atoms with Crippen LogP contribution >= 0.6 is 22.7 Å². The number of fused-ring (bicyclic) bond motifs is 1. The van der Waals surface area contributed by atoms with Gasteiger partial charge in [0.1, 0.15) is 5.01 Å². The van der Waals surface area contributed by atoms with Crippen LogP contribution in [0.15, 0.2) is 16.8 Å². The summed E-state index contributed by atoms with van der Waals surface area (Å²) < 4.78 is 0. The number of aromatic nitrogens is 1. The van der Waals surface area contributed by atoms with Crippen LogP contribution in [-0.2, 0) is 12.8 Å². The Balaban J connectivity index is 1.94. The van der Waals surface area contributed by atoms with E-state index < -0.39 is 0 Å². The molecule has 0 fully saturated rings. The summed E-state index contributed by atoms with van der Waals surface area (Å²) in [7, 11) is 2.02. The number of thiazole rings is 1. The van der Waals surface area contributed by atoms with E-state index in [0.29, 0.717) is 0 Å². The van der Waals surface area contributed by atoms with Crippen LogP contribution in [-0.4, -0.2) is 12.0 Å². The van der Waals surface area contributed by atoms with Gasteiger partial charge in [-0.2, -0.15) is 11.3 Å². The average molecular weight is 264 g/mol. The lowest BCUT2D eigenvalue weighted by atomic mass is 10.0. The van der Waals surface area contributed by atoms with E-state index in [0.717, 1.165) is 0 Å². The number of aryl methyl sites for hydroxylation is 2. The second kappa shape index (κ2) is 4.88. The Bertz CT molecular complexity index is 464.